The SMILES string of the molecule is CC(C)CNC(=O)[C@@H](C)N(CCc1ccccc1)C(=O)CCc1ccccc1Cl. The highest BCUT2D eigenvalue weighted by Gasteiger charge is 2.25. The highest BCUT2D eigenvalue weighted by Crippen LogP contribution is 2.18. The van der Waals surface area contributed by atoms with Crippen molar-refractivity contribution < 1.29 is 9.59 Å². The van der Waals surface area contributed by atoms with Crippen molar-refractivity contribution in [2.75, 3.05) is 13.1 Å². The Kier molecular flexibility index (Phi) is 9.20. The Balaban J connectivity index is 2.06. The van der Waals surface area contributed by atoms with Gasteiger partial charge in [-0.25, -0.2) is 0 Å². The van der Waals surface area contributed by atoms with Crippen LogP contribution in [-0.2, 0) is 22.4 Å². The molecule has 29 heavy (non-hydrogen) atoms. The van der Waals surface area contributed by atoms with Crippen LogP contribution >= 0.6 is 11.6 Å². The highest BCUT2D eigenvalue weighted by atomic mass is 35.5. The van der Waals surface area contributed by atoms with Gasteiger partial charge in [-0.2, -0.15) is 0 Å². The van der Waals surface area contributed by atoms with Crippen molar-refractivity contribution in [2.45, 2.75) is 46.1 Å². The summed E-state index contributed by atoms with van der Waals surface area (Å²) < 4.78 is 0. The number of carbonyl (C=O) groups is 2. The lowest BCUT2D eigenvalue weighted by molar-refractivity contribution is -0.139. The lowest BCUT2D eigenvalue weighted by Gasteiger charge is -2.29. The summed E-state index contributed by atoms with van der Waals surface area (Å²) in [4.78, 5) is 27.3. The summed E-state index contributed by atoms with van der Waals surface area (Å²) >= 11 is 6.22. The molecule has 2 aromatic rings. The van der Waals surface area contributed by atoms with Crippen LogP contribution in [0.15, 0.2) is 54.6 Å². The Morgan fingerprint density at radius 1 is 0.966 bits per heavy atom. The fourth-order valence-electron chi connectivity index (χ4n) is 3.11. The maximum atomic E-state index is 13.0. The van der Waals surface area contributed by atoms with Crippen LogP contribution in [0.1, 0.15) is 38.3 Å². The summed E-state index contributed by atoms with van der Waals surface area (Å²) in [5.74, 6) is 0.214. The number of hydrogen-bond donors (Lipinski definition) is 1. The van der Waals surface area contributed by atoms with E-state index in [9.17, 15) is 9.59 Å². The third kappa shape index (κ3) is 7.54. The second kappa shape index (κ2) is 11.6. The largest absolute Gasteiger partial charge is 0.354 e. The van der Waals surface area contributed by atoms with Gasteiger partial charge >= 0.3 is 0 Å². The average molecular weight is 415 g/mol. The van der Waals surface area contributed by atoms with Crippen LogP contribution < -0.4 is 5.32 Å². The highest BCUT2D eigenvalue weighted by molar-refractivity contribution is 6.31. The predicted molar refractivity (Wildman–Crippen MR) is 119 cm³/mol. The van der Waals surface area contributed by atoms with Crippen LogP contribution in [0.3, 0.4) is 0 Å². The average Bonchev–Trinajstić information content (AvgIpc) is 2.72. The summed E-state index contributed by atoms with van der Waals surface area (Å²) in [6, 6.07) is 17.1. The molecule has 0 aliphatic carbocycles. The lowest BCUT2D eigenvalue weighted by Crippen LogP contribution is -2.49. The van der Waals surface area contributed by atoms with E-state index in [2.05, 4.69) is 5.32 Å². The molecule has 0 heterocycles. The number of aryl methyl sites for hydroxylation is 1. The third-order valence-electron chi connectivity index (χ3n) is 4.90. The van der Waals surface area contributed by atoms with Gasteiger partial charge in [0.25, 0.3) is 0 Å². The van der Waals surface area contributed by atoms with Gasteiger partial charge in [-0.15, -0.1) is 0 Å². The molecule has 156 valence electrons. The van der Waals surface area contributed by atoms with Crippen LogP contribution in [-0.4, -0.2) is 35.8 Å². The van der Waals surface area contributed by atoms with E-state index < -0.39 is 6.04 Å². The molecule has 2 amide bonds. The van der Waals surface area contributed by atoms with Gasteiger partial charge in [0.1, 0.15) is 6.04 Å². The van der Waals surface area contributed by atoms with Crippen LogP contribution in [0, 0.1) is 5.92 Å². The van der Waals surface area contributed by atoms with Crippen molar-refractivity contribution in [3.05, 3.63) is 70.7 Å². The molecule has 0 aromatic heterocycles. The molecule has 0 saturated carbocycles. The predicted octanol–water partition coefficient (Wildman–Crippen LogP) is 4.50. The first-order valence-electron chi connectivity index (χ1n) is 10.2. The van der Waals surface area contributed by atoms with Gasteiger partial charge in [-0.05, 0) is 42.9 Å². The zero-order valence-corrected chi connectivity index (χ0v) is 18.3. The van der Waals surface area contributed by atoms with Crippen molar-refractivity contribution >= 4 is 23.4 Å². The second-order valence-electron chi connectivity index (χ2n) is 7.73. The van der Waals surface area contributed by atoms with E-state index in [0.29, 0.717) is 43.3 Å². The zero-order valence-electron chi connectivity index (χ0n) is 17.5. The van der Waals surface area contributed by atoms with E-state index in [1.54, 1.807) is 11.8 Å². The van der Waals surface area contributed by atoms with Crippen molar-refractivity contribution in [1.29, 1.82) is 0 Å². The first-order valence-corrected chi connectivity index (χ1v) is 10.6. The smallest absolute Gasteiger partial charge is 0.242 e. The number of benzene rings is 2. The molecule has 0 fully saturated rings. The standard InChI is InChI=1S/C24H31ClN2O2/c1-18(2)17-26-24(29)19(3)27(16-15-20-9-5-4-6-10-20)23(28)14-13-21-11-7-8-12-22(21)25/h4-12,18-19H,13-17H2,1-3H3,(H,26,29)/t19-/m1/s1. The van der Waals surface area contributed by atoms with Crippen LogP contribution in [0.25, 0.3) is 0 Å². The van der Waals surface area contributed by atoms with E-state index in [1.165, 1.54) is 0 Å². The topological polar surface area (TPSA) is 49.4 Å². The van der Waals surface area contributed by atoms with Crippen LogP contribution in [0.2, 0.25) is 5.02 Å². The molecule has 0 unspecified atom stereocenters. The normalized spacial score (nSPS) is 11.9. The molecule has 5 heteroatoms. The number of nitrogens with one attached hydrogen (secondary N) is 1. The molecule has 4 nitrogen and oxygen atoms in total. The summed E-state index contributed by atoms with van der Waals surface area (Å²) in [6.07, 6.45) is 1.58. The van der Waals surface area contributed by atoms with Crippen molar-refractivity contribution in [3.8, 4) is 0 Å². The quantitative estimate of drug-likeness (QED) is 0.622. The fourth-order valence-corrected chi connectivity index (χ4v) is 3.34. The minimum absolute atomic E-state index is 0.0342. The monoisotopic (exact) mass is 414 g/mol. The number of nitrogens with zero attached hydrogens (tertiary/aromatic N) is 1. The molecule has 0 aliphatic rings. The molecule has 0 radical (unpaired) electrons. The van der Waals surface area contributed by atoms with E-state index in [0.717, 1.165) is 11.1 Å². The maximum absolute atomic E-state index is 13.0. The molecular weight excluding hydrogens is 384 g/mol. The van der Waals surface area contributed by atoms with Crippen molar-refractivity contribution in [3.63, 3.8) is 0 Å². The summed E-state index contributed by atoms with van der Waals surface area (Å²) in [5.41, 5.74) is 2.09. The fraction of sp³-hybridized carbons (Fsp3) is 0.417. The first-order chi connectivity index (χ1) is 13.9. The van der Waals surface area contributed by atoms with Crippen molar-refractivity contribution in [2.24, 2.45) is 5.92 Å². The van der Waals surface area contributed by atoms with Gasteiger partial charge in [0.05, 0.1) is 0 Å². The van der Waals surface area contributed by atoms with E-state index in [4.69, 9.17) is 11.6 Å². The molecule has 0 saturated heterocycles. The Morgan fingerprint density at radius 3 is 2.28 bits per heavy atom. The maximum Gasteiger partial charge on any atom is 0.242 e. The molecular formula is C24H31ClN2O2. The van der Waals surface area contributed by atoms with Gasteiger partial charge in [-0.3, -0.25) is 9.59 Å². The molecule has 0 bridgehead atoms. The Labute approximate surface area is 179 Å². The minimum atomic E-state index is -0.517. The van der Waals surface area contributed by atoms with Gasteiger partial charge in [0.2, 0.25) is 11.8 Å². The number of rotatable bonds is 10. The molecule has 1 N–H and O–H groups in total. The van der Waals surface area contributed by atoms with E-state index in [-0.39, 0.29) is 11.8 Å². The molecule has 0 spiro atoms. The van der Waals surface area contributed by atoms with Gasteiger partial charge in [0, 0.05) is 24.5 Å². The third-order valence-corrected chi connectivity index (χ3v) is 5.27. The van der Waals surface area contributed by atoms with Crippen molar-refractivity contribution in [1.82, 2.24) is 10.2 Å². The van der Waals surface area contributed by atoms with E-state index in [1.807, 2.05) is 68.4 Å². The number of amides is 2. The lowest BCUT2D eigenvalue weighted by atomic mass is 10.1. The summed E-state index contributed by atoms with van der Waals surface area (Å²) in [7, 11) is 0. The van der Waals surface area contributed by atoms with E-state index >= 15 is 0 Å². The molecule has 2 aromatic carbocycles. The summed E-state index contributed by atoms with van der Waals surface area (Å²) in [6.45, 7) is 7.00. The minimum Gasteiger partial charge on any atom is -0.354 e. The Morgan fingerprint density at radius 2 is 1.62 bits per heavy atom. The first kappa shape index (κ1) is 23.0. The van der Waals surface area contributed by atoms with Crippen LogP contribution in [0.4, 0.5) is 0 Å². The van der Waals surface area contributed by atoms with Gasteiger partial charge in [-0.1, -0.05) is 74.0 Å². The number of hydrogen-bond acceptors (Lipinski definition) is 2. The summed E-state index contributed by atoms with van der Waals surface area (Å²) in [5, 5.41) is 3.61. The van der Waals surface area contributed by atoms with Crippen LogP contribution in [0.5, 0.6) is 0 Å². The zero-order chi connectivity index (χ0) is 21.2. The van der Waals surface area contributed by atoms with Gasteiger partial charge in [0.15, 0.2) is 0 Å². The Bertz CT molecular complexity index is 792. The molecule has 2 rings (SSSR count). The Hall–Kier alpha value is -2.33. The second-order valence-corrected chi connectivity index (χ2v) is 8.14. The molecule has 1 atom stereocenters. The number of halogens is 1. The van der Waals surface area contributed by atoms with Gasteiger partial charge < -0.3 is 10.2 Å². The number of carbonyl (C=O) groups excluding carboxylic acids is 2. The molecule has 0 aliphatic heterocycles.